The van der Waals surface area contributed by atoms with Crippen LogP contribution in [0.25, 0.3) is 5.57 Å². The summed E-state index contributed by atoms with van der Waals surface area (Å²) in [5, 5.41) is 0.802. The van der Waals surface area contributed by atoms with Gasteiger partial charge in [-0.05, 0) is 23.3 Å². The molecule has 0 saturated carbocycles. The van der Waals surface area contributed by atoms with E-state index in [9.17, 15) is 0 Å². The molecule has 2 rings (SSSR count). The van der Waals surface area contributed by atoms with Gasteiger partial charge in [0.15, 0.2) is 0 Å². The third kappa shape index (κ3) is 2.02. The summed E-state index contributed by atoms with van der Waals surface area (Å²) in [6.07, 6.45) is 0. The predicted molar refractivity (Wildman–Crippen MR) is 68.0 cm³/mol. The van der Waals surface area contributed by atoms with E-state index in [1.165, 1.54) is 5.56 Å². The van der Waals surface area contributed by atoms with Crippen LogP contribution in [0.5, 0.6) is 5.75 Å². The zero-order valence-corrected chi connectivity index (χ0v) is 10.4. The van der Waals surface area contributed by atoms with Crippen molar-refractivity contribution < 1.29 is 4.74 Å². The number of nitrogens with zero attached hydrogens (tertiary/aromatic N) is 1. The number of likely N-dealkylation sites (N-methyl/N-ethyl adjacent to an activating group) is 1. The van der Waals surface area contributed by atoms with Crippen LogP contribution in [0.15, 0.2) is 24.8 Å². The molecular weight excluding hydrogens is 254 g/mol. The van der Waals surface area contributed by atoms with Crippen molar-refractivity contribution in [1.29, 1.82) is 0 Å². The smallest absolute Gasteiger partial charge is 0.142 e. The molecule has 0 atom stereocenters. The molecule has 1 aromatic carbocycles. The van der Waals surface area contributed by atoms with Gasteiger partial charge in [-0.2, -0.15) is 0 Å². The largest absolute Gasteiger partial charge is 0.490 e. The Hall–Kier alpha value is -0.960. The van der Waals surface area contributed by atoms with Gasteiger partial charge in [-0.25, -0.2) is 0 Å². The third-order valence-corrected chi connectivity index (χ3v) is 3.30. The van der Waals surface area contributed by atoms with Gasteiger partial charge in [0.05, 0.1) is 12.2 Å². The van der Waals surface area contributed by atoms with Gasteiger partial charge in [-0.15, -0.1) is 0 Å². The molecule has 0 N–H and O–H groups in total. The van der Waals surface area contributed by atoms with E-state index in [0.717, 1.165) is 35.5 Å². The average Bonchev–Trinajstić information content (AvgIpc) is 2.28. The molecule has 0 fully saturated rings. The maximum Gasteiger partial charge on any atom is 0.142 e. The first-order valence-electron chi connectivity index (χ1n) is 4.94. The molecular formula is C12H14BrNO. The highest BCUT2D eigenvalue weighted by Gasteiger charge is 2.15. The van der Waals surface area contributed by atoms with Gasteiger partial charge in [-0.3, -0.25) is 0 Å². The monoisotopic (exact) mass is 267 g/mol. The summed E-state index contributed by atoms with van der Waals surface area (Å²) in [7, 11) is 2.09. The van der Waals surface area contributed by atoms with Crippen molar-refractivity contribution in [2.45, 2.75) is 0 Å². The maximum atomic E-state index is 5.58. The first-order valence-corrected chi connectivity index (χ1v) is 6.06. The lowest BCUT2D eigenvalue weighted by atomic mass is 10.1. The van der Waals surface area contributed by atoms with E-state index in [1.807, 2.05) is 6.07 Å². The normalized spacial score (nSPS) is 14.4. The molecule has 1 aliphatic heterocycles. The van der Waals surface area contributed by atoms with Gasteiger partial charge < -0.3 is 9.64 Å². The first-order chi connectivity index (χ1) is 7.22. The minimum absolute atomic E-state index is 0.766. The molecule has 0 unspecified atom stereocenters. The van der Waals surface area contributed by atoms with Crippen molar-refractivity contribution >= 4 is 27.2 Å². The molecule has 80 valence electrons. The number of benzene rings is 1. The summed E-state index contributed by atoms with van der Waals surface area (Å²) in [5.41, 5.74) is 3.42. The Balaban J connectivity index is 2.39. The summed E-state index contributed by atoms with van der Waals surface area (Å²) in [5.74, 6) is 0.967. The van der Waals surface area contributed by atoms with Gasteiger partial charge in [0.2, 0.25) is 0 Å². The van der Waals surface area contributed by atoms with E-state index >= 15 is 0 Å². The van der Waals surface area contributed by atoms with Crippen LogP contribution in [-0.2, 0) is 0 Å². The molecule has 0 spiro atoms. The number of alkyl halides is 1. The second-order valence-corrected chi connectivity index (χ2v) is 4.25. The van der Waals surface area contributed by atoms with Gasteiger partial charge in [-0.1, -0.05) is 28.6 Å². The standard InChI is InChI=1S/C12H14BrNO/c1-9(8-13)10-3-4-12-11(7-10)14(2)5-6-15-12/h3-4,7H,1,5-6,8H2,2H3. The van der Waals surface area contributed by atoms with Crippen LogP contribution in [0, 0.1) is 0 Å². The summed E-state index contributed by atoms with van der Waals surface area (Å²) >= 11 is 3.42. The van der Waals surface area contributed by atoms with E-state index in [1.54, 1.807) is 0 Å². The van der Waals surface area contributed by atoms with Crippen LogP contribution < -0.4 is 9.64 Å². The van der Waals surface area contributed by atoms with Gasteiger partial charge in [0.1, 0.15) is 12.4 Å². The fourth-order valence-electron chi connectivity index (χ4n) is 1.65. The Kier molecular flexibility index (Phi) is 3.00. The third-order valence-electron chi connectivity index (χ3n) is 2.62. The first kappa shape index (κ1) is 10.6. The molecule has 1 aliphatic rings. The number of anilines is 1. The topological polar surface area (TPSA) is 12.5 Å². The van der Waals surface area contributed by atoms with E-state index in [2.05, 4.69) is 46.6 Å². The highest BCUT2D eigenvalue weighted by Crippen LogP contribution is 2.33. The van der Waals surface area contributed by atoms with Crippen molar-refractivity contribution in [2.24, 2.45) is 0 Å². The van der Waals surface area contributed by atoms with Crippen molar-refractivity contribution in [2.75, 3.05) is 30.4 Å². The van der Waals surface area contributed by atoms with Crippen molar-refractivity contribution in [3.63, 3.8) is 0 Å². The van der Waals surface area contributed by atoms with Crippen molar-refractivity contribution in [3.05, 3.63) is 30.3 Å². The van der Waals surface area contributed by atoms with Crippen LogP contribution in [-0.4, -0.2) is 25.5 Å². The maximum absolute atomic E-state index is 5.58. The summed E-state index contributed by atoms with van der Waals surface area (Å²) < 4.78 is 5.58. The van der Waals surface area contributed by atoms with Crippen molar-refractivity contribution in [1.82, 2.24) is 0 Å². The Morgan fingerprint density at radius 2 is 2.40 bits per heavy atom. The zero-order valence-electron chi connectivity index (χ0n) is 8.79. The number of rotatable bonds is 2. The highest BCUT2D eigenvalue weighted by atomic mass is 79.9. The second kappa shape index (κ2) is 4.27. The SMILES string of the molecule is C=C(CBr)c1ccc2c(c1)N(C)CCO2. The van der Waals surface area contributed by atoms with Crippen LogP contribution in [0.1, 0.15) is 5.56 Å². The van der Waals surface area contributed by atoms with Gasteiger partial charge in [0, 0.05) is 12.4 Å². The number of fused-ring (bicyclic) bond motifs is 1. The molecule has 3 heteroatoms. The highest BCUT2D eigenvalue weighted by molar-refractivity contribution is 9.09. The van der Waals surface area contributed by atoms with Gasteiger partial charge >= 0.3 is 0 Å². The Labute approximate surface area is 98.7 Å². The lowest BCUT2D eigenvalue weighted by molar-refractivity contribution is 0.311. The fraction of sp³-hybridized carbons (Fsp3) is 0.333. The lowest BCUT2D eigenvalue weighted by Gasteiger charge is -2.28. The van der Waals surface area contributed by atoms with E-state index in [-0.39, 0.29) is 0 Å². The fourth-order valence-corrected chi connectivity index (χ4v) is 1.97. The number of hydrogen-bond acceptors (Lipinski definition) is 2. The van der Waals surface area contributed by atoms with Crippen LogP contribution in [0.4, 0.5) is 5.69 Å². The molecule has 1 aromatic rings. The number of hydrogen-bond donors (Lipinski definition) is 0. The number of ether oxygens (including phenoxy) is 1. The van der Waals surface area contributed by atoms with E-state index in [0.29, 0.717) is 0 Å². The molecule has 0 aliphatic carbocycles. The van der Waals surface area contributed by atoms with E-state index < -0.39 is 0 Å². The molecule has 0 bridgehead atoms. The summed E-state index contributed by atoms with van der Waals surface area (Å²) in [6, 6.07) is 6.22. The second-order valence-electron chi connectivity index (χ2n) is 3.69. The number of allylic oxidation sites excluding steroid dienone is 1. The Morgan fingerprint density at radius 1 is 1.60 bits per heavy atom. The number of halogens is 1. The van der Waals surface area contributed by atoms with Crippen LogP contribution >= 0.6 is 15.9 Å². The van der Waals surface area contributed by atoms with Gasteiger partial charge in [0.25, 0.3) is 0 Å². The molecule has 0 saturated heterocycles. The predicted octanol–water partition coefficient (Wildman–Crippen LogP) is 2.92. The van der Waals surface area contributed by atoms with Crippen LogP contribution in [0.2, 0.25) is 0 Å². The molecule has 0 radical (unpaired) electrons. The quantitative estimate of drug-likeness (QED) is 0.765. The lowest BCUT2D eigenvalue weighted by Crippen LogP contribution is -2.28. The summed E-state index contributed by atoms with van der Waals surface area (Å²) in [6.45, 7) is 5.72. The summed E-state index contributed by atoms with van der Waals surface area (Å²) in [4.78, 5) is 2.21. The molecule has 0 aromatic heterocycles. The molecule has 2 nitrogen and oxygen atoms in total. The molecule has 1 heterocycles. The molecule has 15 heavy (non-hydrogen) atoms. The van der Waals surface area contributed by atoms with E-state index in [4.69, 9.17) is 4.74 Å². The zero-order chi connectivity index (χ0) is 10.8. The Morgan fingerprint density at radius 3 is 3.13 bits per heavy atom. The van der Waals surface area contributed by atoms with Crippen LogP contribution in [0.3, 0.4) is 0 Å². The molecule has 0 amide bonds. The minimum atomic E-state index is 0.766. The van der Waals surface area contributed by atoms with Crippen molar-refractivity contribution in [3.8, 4) is 5.75 Å². The average molecular weight is 268 g/mol. The Bertz CT molecular complexity index is 389. The minimum Gasteiger partial charge on any atom is -0.490 e.